The topological polar surface area (TPSA) is 53.3 Å². The van der Waals surface area contributed by atoms with Crippen molar-refractivity contribution in [1.29, 1.82) is 0 Å². The van der Waals surface area contributed by atoms with Crippen LogP contribution in [0, 0.1) is 0 Å². The highest BCUT2D eigenvalue weighted by molar-refractivity contribution is 5.85. The highest BCUT2D eigenvalue weighted by Gasteiger charge is 1.89. The predicted molar refractivity (Wildman–Crippen MR) is 54.1 cm³/mol. The van der Waals surface area contributed by atoms with E-state index in [1.165, 1.54) is 0 Å². The van der Waals surface area contributed by atoms with Crippen molar-refractivity contribution in [2.45, 2.75) is 6.92 Å². The largest absolute Gasteiger partial charge is 0.550 e. The van der Waals surface area contributed by atoms with Crippen LogP contribution in [-0.2, 0) is 4.79 Å². The monoisotopic (exact) mass is 213 g/mol. The number of rotatable bonds is 0. The lowest BCUT2D eigenvalue weighted by molar-refractivity contribution is -0.302. The van der Waals surface area contributed by atoms with Crippen LogP contribution in [0.2, 0.25) is 0 Å². The Morgan fingerprint density at radius 3 is 2.43 bits per heavy atom. The minimum Gasteiger partial charge on any atom is -0.550 e. The molecule has 1 aromatic heterocycles. The molecule has 0 amide bonds. The summed E-state index contributed by atoms with van der Waals surface area (Å²) in [5, 5.41) is 10.1. The van der Waals surface area contributed by atoms with Crippen molar-refractivity contribution < 1.29 is 14.3 Å². The third-order valence-electron chi connectivity index (χ3n) is 1.36. The van der Waals surface area contributed by atoms with E-state index < -0.39 is 5.97 Å². The molecule has 0 aliphatic rings. The van der Waals surface area contributed by atoms with Crippen molar-refractivity contribution in [3.63, 3.8) is 0 Å². The van der Waals surface area contributed by atoms with E-state index >= 15 is 0 Å². The maximum Gasteiger partial charge on any atom is 0.133 e. The standard InChI is InChI=1S/C8H6O.C2H4O2.ClH/c1-2-4-8-7(3-1)5-6-9-8;1-2(3)4;/h1-6H;1H3,(H,3,4);1H/p-1. The first kappa shape index (κ1) is 12.5. The van der Waals surface area contributed by atoms with E-state index in [1.54, 1.807) is 6.26 Å². The summed E-state index contributed by atoms with van der Waals surface area (Å²) < 4.78 is 5.12. The summed E-state index contributed by atoms with van der Waals surface area (Å²) in [4.78, 5) is 8.89. The van der Waals surface area contributed by atoms with Crippen LogP contribution in [0.5, 0.6) is 0 Å². The molecule has 3 nitrogen and oxygen atoms in total. The van der Waals surface area contributed by atoms with E-state index in [2.05, 4.69) is 0 Å². The number of carboxylic acids is 1. The molecule has 14 heavy (non-hydrogen) atoms. The molecule has 0 fully saturated rings. The summed E-state index contributed by atoms with van der Waals surface area (Å²) >= 11 is 0. The van der Waals surface area contributed by atoms with E-state index in [1.807, 2.05) is 30.3 Å². The van der Waals surface area contributed by atoms with E-state index in [0.29, 0.717) is 0 Å². The van der Waals surface area contributed by atoms with Gasteiger partial charge in [-0.05, 0) is 19.1 Å². The van der Waals surface area contributed by atoms with Crippen LogP contribution < -0.4 is 5.11 Å². The second kappa shape index (κ2) is 6.05. The van der Waals surface area contributed by atoms with Gasteiger partial charge in [-0.2, -0.15) is 0 Å². The molecule has 0 aliphatic heterocycles. The van der Waals surface area contributed by atoms with Gasteiger partial charge in [-0.15, -0.1) is 12.4 Å². The highest BCUT2D eigenvalue weighted by Crippen LogP contribution is 2.12. The Hall–Kier alpha value is -1.48. The van der Waals surface area contributed by atoms with Gasteiger partial charge in [0.15, 0.2) is 0 Å². The minimum atomic E-state index is -1.08. The SMILES string of the molecule is CC(=O)[O-].Cl.c1ccc2occc2c1. The molecule has 0 radical (unpaired) electrons. The van der Waals surface area contributed by atoms with Crippen LogP contribution in [0.4, 0.5) is 0 Å². The Balaban J connectivity index is 0.000000299. The van der Waals surface area contributed by atoms with Crippen LogP contribution in [-0.4, -0.2) is 5.97 Å². The average Bonchev–Trinajstić information content (AvgIpc) is 2.49. The first-order chi connectivity index (χ1) is 6.20. The third-order valence-corrected chi connectivity index (χ3v) is 1.36. The summed E-state index contributed by atoms with van der Waals surface area (Å²) in [6, 6.07) is 9.90. The molecular weight excluding hydrogens is 204 g/mol. The molecule has 76 valence electrons. The quantitative estimate of drug-likeness (QED) is 0.668. The van der Waals surface area contributed by atoms with E-state index in [0.717, 1.165) is 17.9 Å². The van der Waals surface area contributed by atoms with Crippen molar-refractivity contribution >= 4 is 29.3 Å². The fraction of sp³-hybridized carbons (Fsp3) is 0.100. The number of para-hydroxylation sites is 1. The Morgan fingerprint density at radius 2 is 1.86 bits per heavy atom. The zero-order chi connectivity index (χ0) is 9.68. The molecule has 0 saturated heterocycles. The average molecular weight is 214 g/mol. The van der Waals surface area contributed by atoms with Crippen LogP contribution in [0.15, 0.2) is 41.0 Å². The Kier molecular flexibility index (Phi) is 5.41. The first-order valence-corrected chi connectivity index (χ1v) is 3.80. The van der Waals surface area contributed by atoms with E-state index in [9.17, 15) is 0 Å². The summed E-state index contributed by atoms with van der Waals surface area (Å²) in [5.41, 5.74) is 0.956. The summed E-state index contributed by atoms with van der Waals surface area (Å²) in [5.74, 6) is -1.08. The normalized spacial score (nSPS) is 8.36. The van der Waals surface area contributed by atoms with Gasteiger partial charge in [0.1, 0.15) is 5.58 Å². The molecule has 1 heterocycles. The fourth-order valence-electron chi connectivity index (χ4n) is 0.906. The van der Waals surface area contributed by atoms with Crippen molar-refractivity contribution in [3.05, 3.63) is 36.6 Å². The number of carbonyl (C=O) groups is 1. The lowest BCUT2D eigenvalue weighted by atomic mass is 10.3. The highest BCUT2D eigenvalue weighted by atomic mass is 35.5. The third kappa shape index (κ3) is 3.96. The second-order valence-electron chi connectivity index (χ2n) is 2.45. The zero-order valence-electron chi connectivity index (χ0n) is 7.60. The molecular formula is C10H10ClO3-. The van der Waals surface area contributed by atoms with Crippen molar-refractivity contribution in [2.75, 3.05) is 0 Å². The van der Waals surface area contributed by atoms with Gasteiger partial charge in [-0.3, -0.25) is 0 Å². The summed E-state index contributed by atoms with van der Waals surface area (Å²) in [7, 11) is 0. The fourth-order valence-corrected chi connectivity index (χ4v) is 0.906. The minimum absolute atomic E-state index is 0. The van der Waals surface area contributed by atoms with Gasteiger partial charge < -0.3 is 14.3 Å². The van der Waals surface area contributed by atoms with Gasteiger partial charge in [0.2, 0.25) is 0 Å². The van der Waals surface area contributed by atoms with Crippen molar-refractivity contribution in [3.8, 4) is 0 Å². The number of fused-ring (bicyclic) bond motifs is 1. The maximum atomic E-state index is 8.89. The molecule has 0 atom stereocenters. The number of aliphatic carboxylic acids is 1. The van der Waals surface area contributed by atoms with Crippen molar-refractivity contribution in [1.82, 2.24) is 0 Å². The van der Waals surface area contributed by atoms with Crippen molar-refractivity contribution in [2.24, 2.45) is 0 Å². The number of halogens is 1. The Morgan fingerprint density at radius 1 is 1.29 bits per heavy atom. The number of furan rings is 1. The van der Waals surface area contributed by atoms with Crippen LogP contribution in [0.3, 0.4) is 0 Å². The lowest BCUT2D eigenvalue weighted by Gasteiger charge is -1.81. The molecule has 2 rings (SSSR count). The number of carbonyl (C=O) groups excluding carboxylic acids is 1. The van der Waals surface area contributed by atoms with E-state index in [-0.39, 0.29) is 12.4 Å². The molecule has 4 heteroatoms. The van der Waals surface area contributed by atoms with Gasteiger partial charge in [0.05, 0.1) is 6.26 Å². The van der Waals surface area contributed by atoms with Gasteiger partial charge in [0.25, 0.3) is 0 Å². The molecule has 0 unspecified atom stereocenters. The zero-order valence-corrected chi connectivity index (χ0v) is 8.41. The van der Waals surface area contributed by atoms with Gasteiger partial charge in [-0.1, -0.05) is 18.2 Å². The molecule has 2 aromatic rings. The molecule has 0 saturated carbocycles. The van der Waals surface area contributed by atoms with Gasteiger partial charge in [-0.25, -0.2) is 0 Å². The molecule has 0 N–H and O–H groups in total. The summed E-state index contributed by atoms with van der Waals surface area (Å²) in [6.45, 7) is 0.972. The molecule has 0 bridgehead atoms. The second-order valence-corrected chi connectivity index (χ2v) is 2.45. The predicted octanol–water partition coefficient (Wildman–Crippen LogP) is 1.61. The number of hydrogen-bond donors (Lipinski definition) is 0. The molecule has 0 aliphatic carbocycles. The summed E-state index contributed by atoms with van der Waals surface area (Å²) in [6.07, 6.45) is 1.70. The van der Waals surface area contributed by atoms with Gasteiger partial charge >= 0.3 is 0 Å². The molecule has 0 spiro atoms. The van der Waals surface area contributed by atoms with E-state index in [4.69, 9.17) is 14.3 Å². The number of carboxylic acid groups (broad SMARTS) is 1. The smallest absolute Gasteiger partial charge is 0.133 e. The lowest BCUT2D eigenvalue weighted by Crippen LogP contribution is -2.16. The van der Waals surface area contributed by atoms with Crippen LogP contribution in [0.1, 0.15) is 6.92 Å². The van der Waals surface area contributed by atoms with Gasteiger partial charge in [0, 0.05) is 11.4 Å². The first-order valence-electron chi connectivity index (χ1n) is 3.80. The number of benzene rings is 1. The van der Waals surface area contributed by atoms with Crippen LogP contribution >= 0.6 is 12.4 Å². The number of hydrogen-bond acceptors (Lipinski definition) is 3. The maximum absolute atomic E-state index is 8.89. The Bertz CT molecular complexity index is 361. The Labute approximate surface area is 87.8 Å². The van der Waals surface area contributed by atoms with Crippen LogP contribution in [0.25, 0.3) is 11.0 Å². The molecule has 1 aromatic carbocycles.